The number of anilines is 1. The first-order chi connectivity index (χ1) is 8.85. The van der Waals surface area contributed by atoms with Gasteiger partial charge in [-0.3, -0.25) is 0 Å². The second-order valence-electron chi connectivity index (χ2n) is 4.43. The summed E-state index contributed by atoms with van der Waals surface area (Å²) in [5.41, 5.74) is -1.19. The zero-order chi connectivity index (χ0) is 14.5. The van der Waals surface area contributed by atoms with Gasteiger partial charge in [0.2, 0.25) is 0 Å². The van der Waals surface area contributed by atoms with E-state index in [2.05, 4.69) is 10.3 Å². The first kappa shape index (κ1) is 15.7. The van der Waals surface area contributed by atoms with Crippen molar-refractivity contribution in [1.82, 2.24) is 4.98 Å². The van der Waals surface area contributed by atoms with Crippen LogP contribution >= 0.6 is 11.6 Å². The highest BCUT2D eigenvalue weighted by molar-refractivity contribution is 6.33. The van der Waals surface area contributed by atoms with Gasteiger partial charge in [-0.1, -0.05) is 11.6 Å². The number of aromatic nitrogens is 1. The van der Waals surface area contributed by atoms with Crippen molar-refractivity contribution in [2.24, 2.45) is 0 Å². The molecule has 1 rings (SSSR count). The van der Waals surface area contributed by atoms with Crippen LogP contribution in [0.5, 0.6) is 0 Å². The van der Waals surface area contributed by atoms with Crippen LogP contribution in [0, 0.1) is 0 Å². The van der Waals surface area contributed by atoms with Gasteiger partial charge in [0.25, 0.3) is 0 Å². The number of halogens is 1. The molecule has 0 radical (unpaired) electrons. The van der Waals surface area contributed by atoms with Crippen molar-refractivity contribution < 1.29 is 19.7 Å². The second-order valence-corrected chi connectivity index (χ2v) is 4.83. The molecular weight excluding hydrogens is 272 g/mol. The van der Waals surface area contributed by atoms with Gasteiger partial charge in [-0.15, -0.1) is 0 Å². The summed E-state index contributed by atoms with van der Waals surface area (Å²) in [5, 5.41) is 21.9. The molecule has 19 heavy (non-hydrogen) atoms. The summed E-state index contributed by atoms with van der Waals surface area (Å²) < 4.78 is 4.90. The van der Waals surface area contributed by atoms with Crippen molar-refractivity contribution >= 4 is 23.4 Å². The number of ether oxygens (including phenoxy) is 1. The smallest absolute Gasteiger partial charge is 0.356 e. The molecule has 7 heteroatoms. The van der Waals surface area contributed by atoms with Gasteiger partial charge < -0.3 is 20.3 Å². The van der Waals surface area contributed by atoms with Crippen LogP contribution in [-0.4, -0.2) is 47.0 Å². The molecule has 6 nitrogen and oxygen atoms in total. The van der Waals surface area contributed by atoms with E-state index >= 15 is 0 Å². The summed E-state index contributed by atoms with van der Waals surface area (Å²) in [5.74, 6) is -0.848. The monoisotopic (exact) mass is 288 g/mol. The molecule has 0 saturated carbocycles. The fourth-order valence-corrected chi connectivity index (χ4v) is 1.57. The average molecular weight is 289 g/mol. The van der Waals surface area contributed by atoms with E-state index in [1.165, 1.54) is 6.07 Å². The number of methoxy groups -OCH3 is 1. The van der Waals surface area contributed by atoms with Crippen LogP contribution in [0.25, 0.3) is 0 Å². The third kappa shape index (κ3) is 5.02. The van der Waals surface area contributed by atoms with Crippen molar-refractivity contribution in [3.05, 3.63) is 22.8 Å². The number of pyridine rings is 1. The lowest BCUT2D eigenvalue weighted by Gasteiger charge is -2.23. The molecule has 1 unspecified atom stereocenters. The number of nitrogens with one attached hydrogen (secondary N) is 1. The highest BCUT2D eigenvalue weighted by atomic mass is 35.5. The Labute approximate surface area is 116 Å². The molecule has 0 aliphatic carbocycles. The van der Waals surface area contributed by atoms with Crippen molar-refractivity contribution in [2.75, 3.05) is 25.6 Å². The lowest BCUT2D eigenvalue weighted by Crippen LogP contribution is -2.34. The molecule has 106 valence electrons. The maximum atomic E-state index is 10.9. The Kier molecular flexibility index (Phi) is 5.53. The number of carboxylic acid groups (broad SMARTS) is 1. The normalized spacial score (nSPS) is 13.9. The van der Waals surface area contributed by atoms with Crippen LogP contribution in [0.2, 0.25) is 5.02 Å². The summed E-state index contributed by atoms with van der Waals surface area (Å²) in [6.07, 6.45) is 0.454. The molecule has 0 aliphatic heterocycles. The fourth-order valence-electron chi connectivity index (χ4n) is 1.38. The largest absolute Gasteiger partial charge is 0.476 e. The van der Waals surface area contributed by atoms with Crippen LogP contribution in [-0.2, 0) is 4.74 Å². The third-order valence-corrected chi connectivity index (χ3v) is 2.85. The number of hydrogen-bond acceptors (Lipinski definition) is 5. The first-order valence-corrected chi connectivity index (χ1v) is 6.08. The highest BCUT2D eigenvalue weighted by Crippen LogP contribution is 2.18. The van der Waals surface area contributed by atoms with E-state index in [4.69, 9.17) is 21.4 Å². The molecule has 1 aromatic rings. The maximum Gasteiger partial charge on any atom is 0.356 e. The third-order valence-electron chi connectivity index (χ3n) is 2.54. The average Bonchev–Trinajstić information content (AvgIpc) is 2.35. The quantitative estimate of drug-likeness (QED) is 0.706. The number of aliphatic hydroxyl groups is 1. The van der Waals surface area contributed by atoms with Crippen LogP contribution in [0.3, 0.4) is 0 Å². The predicted octanol–water partition coefficient (Wildman–Crippen LogP) is 1.63. The van der Waals surface area contributed by atoms with Gasteiger partial charge in [-0.25, -0.2) is 9.78 Å². The fraction of sp³-hybridized carbons (Fsp3) is 0.500. The van der Waals surface area contributed by atoms with E-state index in [1.54, 1.807) is 20.1 Å². The van der Waals surface area contributed by atoms with Gasteiger partial charge in [0.15, 0.2) is 5.69 Å². The Balaban J connectivity index is 2.68. The van der Waals surface area contributed by atoms with Gasteiger partial charge in [0.1, 0.15) is 5.82 Å². The number of rotatable bonds is 7. The van der Waals surface area contributed by atoms with Gasteiger partial charge in [0, 0.05) is 26.7 Å². The lowest BCUT2D eigenvalue weighted by molar-refractivity contribution is 0.0357. The minimum Gasteiger partial charge on any atom is -0.476 e. The number of nitrogens with zero attached hydrogens (tertiary/aromatic N) is 1. The Morgan fingerprint density at radius 3 is 2.84 bits per heavy atom. The number of hydrogen-bond donors (Lipinski definition) is 3. The molecule has 0 saturated heterocycles. The van der Waals surface area contributed by atoms with E-state index in [0.29, 0.717) is 18.8 Å². The summed E-state index contributed by atoms with van der Waals surface area (Å²) in [4.78, 5) is 14.7. The predicted molar refractivity (Wildman–Crippen MR) is 71.8 cm³/mol. The van der Waals surface area contributed by atoms with E-state index in [0.717, 1.165) is 0 Å². The van der Waals surface area contributed by atoms with Crippen LogP contribution < -0.4 is 5.32 Å². The highest BCUT2D eigenvalue weighted by Gasteiger charge is 2.20. The molecule has 0 amide bonds. The molecule has 1 atom stereocenters. The van der Waals surface area contributed by atoms with Crippen LogP contribution in [0.15, 0.2) is 12.1 Å². The molecule has 0 aliphatic rings. The zero-order valence-electron chi connectivity index (χ0n) is 10.8. The molecule has 0 fully saturated rings. The van der Waals surface area contributed by atoms with Crippen molar-refractivity contribution in [2.45, 2.75) is 18.9 Å². The van der Waals surface area contributed by atoms with E-state index in [9.17, 15) is 9.90 Å². The van der Waals surface area contributed by atoms with Gasteiger partial charge in [0.05, 0.1) is 10.6 Å². The minimum atomic E-state index is -1.19. The summed E-state index contributed by atoms with van der Waals surface area (Å²) in [6, 6.07) is 3.01. The number of aromatic carboxylic acids is 1. The Morgan fingerprint density at radius 1 is 1.58 bits per heavy atom. The molecule has 3 N–H and O–H groups in total. The van der Waals surface area contributed by atoms with Crippen LogP contribution in [0.4, 0.5) is 5.82 Å². The van der Waals surface area contributed by atoms with Crippen LogP contribution in [0.1, 0.15) is 23.8 Å². The van der Waals surface area contributed by atoms with Gasteiger partial charge >= 0.3 is 5.97 Å². The zero-order valence-corrected chi connectivity index (χ0v) is 11.6. The summed E-state index contributed by atoms with van der Waals surface area (Å²) in [7, 11) is 1.56. The Morgan fingerprint density at radius 2 is 2.26 bits per heavy atom. The SMILES string of the molecule is COCCC(C)(O)CNc1ccc(Cl)c(C(=O)O)n1. The molecule has 1 aromatic heterocycles. The Hall–Kier alpha value is -1.37. The van der Waals surface area contributed by atoms with Gasteiger partial charge in [-0.2, -0.15) is 0 Å². The summed E-state index contributed by atoms with van der Waals surface area (Å²) >= 11 is 5.71. The standard InChI is InChI=1S/C12H17ClN2O4/c1-12(18,5-6-19-2)7-14-9-4-3-8(13)10(15-9)11(16)17/h3-4,18H,5-7H2,1-2H3,(H,14,15)(H,16,17). The minimum absolute atomic E-state index is 0.0733. The molecule has 0 bridgehead atoms. The second kappa shape index (κ2) is 6.70. The Bertz CT molecular complexity index is 451. The topological polar surface area (TPSA) is 91.7 Å². The first-order valence-electron chi connectivity index (χ1n) is 5.71. The lowest BCUT2D eigenvalue weighted by atomic mass is 10.0. The van der Waals surface area contributed by atoms with E-state index in [-0.39, 0.29) is 17.3 Å². The summed E-state index contributed by atoms with van der Waals surface area (Å²) in [6.45, 7) is 2.32. The van der Waals surface area contributed by atoms with Crippen molar-refractivity contribution in [3.63, 3.8) is 0 Å². The number of carbonyl (C=O) groups is 1. The van der Waals surface area contributed by atoms with E-state index in [1.807, 2.05) is 0 Å². The molecule has 0 aromatic carbocycles. The molecular formula is C12H17ClN2O4. The van der Waals surface area contributed by atoms with Crippen molar-refractivity contribution in [3.8, 4) is 0 Å². The van der Waals surface area contributed by atoms with E-state index < -0.39 is 11.6 Å². The molecule has 1 heterocycles. The van der Waals surface area contributed by atoms with Gasteiger partial charge in [-0.05, 0) is 19.1 Å². The number of carboxylic acids is 1. The maximum absolute atomic E-state index is 10.9. The van der Waals surface area contributed by atoms with Crippen molar-refractivity contribution in [1.29, 1.82) is 0 Å². The molecule has 0 spiro atoms.